The predicted octanol–water partition coefficient (Wildman–Crippen LogP) is 1.30. The summed E-state index contributed by atoms with van der Waals surface area (Å²) in [7, 11) is 0. The quantitative estimate of drug-likeness (QED) is 0.726. The van der Waals surface area contributed by atoms with Crippen LogP contribution in [-0.4, -0.2) is 11.1 Å². The first-order chi connectivity index (χ1) is 6.77. The molecule has 3 nitrogen and oxygen atoms in total. The van der Waals surface area contributed by atoms with E-state index in [1.807, 2.05) is 6.92 Å². The lowest BCUT2D eigenvalue weighted by Crippen LogP contribution is -2.18. The Bertz CT molecular complexity index is 387. The molecule has 0 spiro atoms. The van der Waals surface area contributed by atoms with Crippen LogP contribution in [0.2, 0.25) is 0 Å². The minimum atomic E-state index is 0.0260. The fraction of sp³-hybridized carbons (Fsp3) is 0.364. The molecular formula is C11H14N2O. The van der Waals surface area contributed by atoms with E-state index in [4.69, 9.17) is 6.42 Å². The summed E-state index contributed by atoms with van der Waals surface area (Å²) in [6, 6.07) is 3.29. The van der Waals surface area contributed by atoms with Crippen LogP contribution in [0.1, 0.15) is 13.3 Å². The summed E-state index contributed by atoms with van der Waals surface area (Å²) in [5.74, 6) is 2.48. The SMILES string of the molecule is C#CCNc1ccc(=O)n(CCC)c1. The fourth-order valence-corrected chi connectivity index (χ4v) is 1.20. The van der Waals surface area contributed by atoms with Gasteiger partial charge in [0.05, 0.1) is 12.2 Å². The summed E-state index contributed by atoms with van der Waals surface area (Å²) >= 11 is 0. The molecule has 0 aromatic carbocycles. The summed E-state index contributed by atoms with van der Waals surface area (Å²) in [5, 5.41) is 3.02. The third-order valence-corrected chi connectivity index (χ3v) is 1.84. The Morgan fingerprint density at radius 2 is 2.36 bits per heavy atom. The van der Waals surface area contributed by atoms with Gasteiger partial charge in [-0.05, 0) is 12.5 Å². The highest BCUT2D eigenvalue weighted by Gasteiger charge is 1.96. The van der Waals surface area contributed by atoms with Gasteiger partial charge in [-0.2, -0.15) is 0 Å². The van der Waals surface area contributed by atoms with Gasteiger partial charge >= 0.3 is 0 Å². The van der Waals surface area contributed by atoms with Crippen molar-refractivity contribution in [2.24, 2.45) is 0 Å². The van der Waals surface area contributed by atoms with Crippen molar-refractivity contribution in [2.75, 3.05) is 11.9 Å². The number of pyridine rings is 1. The minimum absolute atomic E-state index is 0.0260. The number of aromatic nitrogens is 1. The van der Waals surface area contributed by atoms with Crippen LogP contribution in [0.4, 0.5) is 5.69 Å². The maximum atomic E-state index is 11.3. The van der Waals surface area contributed by atoms with Crippen LogP contribution in [0.5, 0.6) is 0 Å². The molecule has 0 radical (unpaired) electrons. The molecule has 0 saturated carbocycles. The van der Waals surface area contributed by atoms with Crippen LogP contribution in [-0.2, 0) is 6.54 Å². The van der Waals surface area contributed by atoms with Crippen molar-refractivity contribution in [1.82, 2.24) is 4.57 Å². The summed E-state index contributed by atoms with van der Waals surface area (Å²) in [6.07, 6.45) is 7.86. The van der Waals surface area contributed by atoms with Gasteiger partial charge in [0, 0.05) is 18.8 Å². The number of hydrogen-bond acceptors (Lipinski definition) is 2. The number of terminal acetylenes is 1. The average molecular weight is 190 g/mol. The van der Waals surface area contributed by atoms with Crippen molar-refractivity contribution in [3.8, 4) is 12.3 Å². The van der Waals surface area contributed by atoms with Gasteiger partial charge in [0.25, 0.3) is 5.56 Å². The third kappa shape index (κ3) is 2.67. The third-order valence-electron chi connectivity index (χ3n) is 1.84. The van der Waals surface area contributed by atoms with Crippen LogP contribution < -0.4 is 10.9 Å². The van der Waals surface area contributed by atoms with E-state index in [1.54, 1.807) is 22.9 Å². The summed E-state index contributed by atoms with van der Waals surface area (Å²) in [5.41, 5.74) is 0.911. The van der Waals surface area contributed by atoms with Gasteiger partial charge < -0.3 is 9.88 Å². The van der Waals surface area contributed by atoms with Crippen LogP contribution in [0.25, 0.3) is 0 Å². The maximum Gasteiger partial charge on any atom is 0.250 e. The van der Waals surface area contributed by atoms with Gasteiger partial charge in [0.2, 0.25) is 0 Å². The summed E-state index contributed by atoms with van der Waals surface area (Å²) in [4.78, 5) is 11.3. The molecule has 0 bridgehead atoms. The largest absolute Gasteiger partial charge is 0.373 e. The Morgan fingerprint density at radius 3 is 3.00 bits per heavy atom. The number of aryl methyl sites for hydroxylation is 1. The number of anilines is 1. The Morgan fingerprint density at radius 1 is 1.57 bits per heavy atom. The Balaban J connectivity index is 2.84. The van der Waals surface area contributed by atoms with Gasteiger partial charge in [0.15, 0.2) is 0 Å². The zero-order chi connectivity index (χ0) is 10.4. The van der Waals surface area contributed by atoms with Crippen molar-refractivity contribution in [2.45, 2.75) is 19.9 Å². The second-order valence-electron chi connectivity index (χ2n) is 3.01. The molecule has 1 heterocycles. The molecule has 0 aliphatic heterocycles. The normalized spacial score (nSPS) is 9.43. The van der Waals surface area contributed by atoms with Crippen LogP contribution in [0.15, 0.2) is 23.1 Å². The van der Waals surface area contributed by atoms with E-state index < -0.39 is 0 Å². The molecule has 1 aromatic heterocycles. The Kier molecular flexibility index (Phi) is 3.81. The van der Waals surface area contributed by atoms with E-state index in [2.05, 4.69) is 11.2 Å². The smallest absolute Gasteiger partial charge is 0.250 e. The van der Waals surface area contributed by atoms with Crippen molar-refractivity contribution < 1.29 is 0 Å². The maximum absolute atomic E-state index is 11.3. The van der Waals surface area contributed by atoms with E-state index in [9.17, 15) is 4.79 Å². The lowest BCUT2D eigenvalue weighted by Gasteiger charge is -2.07. The van der Waals surface area contributed by atoms with E-state index in [0.717, 1.165) is 18.7 Å². The monoisotopic (exact) mass is 190 g/mol. The van der Waals surface area contributed by atoms with Crippen molar-refractivity contribution in [3.05, 3.63) is 28.7 Å². The van der Waals surface area contributed by atoms with Gasteiger partial charge in [-0.1, -0.05) is 12.8 Å². The highest BCUT2D eigenvalue weighted by molar-refractivity contribution is 5.41. The van der Waals surface area contributed by atoms with Crippen LogP contribution in [0.3, 0.4) is 0 Å². The molecule has 0 saturated heterocycles. The number of nitrogens with zero attached hydrogens (tertiary/aromatic N) is 1. The Hall–Kier alpha value is -1.69. The fourth-order valence-electron chi connectivity index (χ4n) is 1.20. The van der Waals surface area contributed by atoms with Crippen molar-refractivity contribution >= 4 is 5.69 Å². The molecule has 1 rings (SSSR count). The highest BCUT2D eigenvalue weighted by atomic mass is 16.1. The predicted molar refractivity (Wildman–Crippen MR) is 58.3 cm³/mol. The molecule has 0 unspecified atom stereocenters. The van der Waals surface area contributed by atoms with Crippen molar-refractivity contribution in [3.63, 3.8) is 0 Å². The van der Waals surface area contributed by atoms with E-state index >= 15 is 0 Å². The molecule has 1 aromatic rings. The zero-order valence-electron chi connectivity index (χ0n) is 8.29. The summed E-state index contributed by atoms with van der Waals surface area (Å²) < 4.78 is 1.68. The number of hydrogen-bond donors (Lipinski definition) is 1. The first kappa shape index (κ1) is 10.4. The topological polar surface area (TPSA) is 34.0 Å². The molecule has 1 N–H and O–H groups in total. The van der Waals surface area contributed by atoms with E-state index in [1.165, 1.54) is 0 Å². The molecule has 0 amide bonds. The number of rotatable bonds is 4. The van der Waals surface area contributed by atoms with Gasteiger partial charge in [0.1, 0.15) is 0 Å². The lowest BCUT2D eigenvalue weighted by molar-refractivity contribution is 0.655. The lowest BCUT2D eigenvalue weighted by atomic mass is 10.3. The average Bonchev–Trinajstić information content (AvgIpc) is 2.19. The standard InChI is InChI=1S/C11H14N2O/c1-3-7-12-10-5-6-11(14)13(9-10)8-4-2/h1,5-6,9,12H,4,7-8H2,2H3. The highest BCUT2D eigenvalue weighted by Crippen LogP contribution is 2.02. The molecule has 0 aliphatic carbocycles. The van der Waals surface area contributed by atoms with Crippen LogP contribution >= 0.6 is 0 Å². The summed E-state index contributed by atoms with van der Waals surface area (Å²) in [6.45, 7) is 3.25. The number of nitrogens with one attached hydrogen (secondary N) is 1. The van der Waals surface area contributed by atoms with Crippen LogP contribution in [0, 0.1) is 12.3 Å². The van der Waals surface area contributed by atoms with E-state index in [-0.39, 0.29) is 5.56 Å². The van der Waals surface area contributed by atoms with Gasteiger partial charge in [-0.25, -0.2) is 0 Å². The zero-order valence-corrected chi connectivity index (χ0v) is 8.29. The Labute approximate surface area is 83.8 Å². The van der Waals surface area contributed by atoms with Gasteiger partial charge in [-0.15, -0.1) is 6.42 Å². The van der Waals surface area contributed by atoms with E-state index in [0.29, 0.717) is 6.54 Å². The molecule has 14 heavy (non-hydrogen) atoms. The minimum Gasteiger partial charge on any atom is -0.373 e. The van der Waals surface area contributed by atoms with Crippen molar-refractivity contribution in [1.29, 1.82) is 0 Å². The first-order valence-corrected chi connectivity index (χ1v) is 4.65. The first-order valence-electron chi connectivity index (χ1n) is 4.65. The molecule has 0 atom stereocenters. The molecule has 3 heteroatoms. The molecular weight excluding hydrogens is 176 g/mol. The second kappa shape index (κ2) is 5.13. The molecule has 74 valence electrons. The second-order valence-corrected chi connectivity index (χ2v) is 3.01. The molecule has 0 fully saturated rings. The molecule has 0 aliphatic rings. The van der Waals surface area contributed by atoms with Gasteiger partial charge in [-0.3, -0.25) is 4.79 Å².